The predicted molar refractivity (Wildman–Crippen MR) is 99.7 cm³/mol. The second-order valence-electron chi connectivity index (χ2n) is 6.32. The van der Waals surface area contributed by atoms with Crippen LogP contribution >= 0.6 is 11.8 Å². The van der Waals surface area contributed by atoms with E-state index in [2.05, 4.69) is 10.5 Å². The largest absolute Gasteiger partial charge is 0.356 e. The zero-order chi connectivity index (χ0) is 18.1. The molecule has 1 aromatic heterocycles. The summed E-state index contributed by atoms with van der Waals surface area (Å²) in [6, 6.07) is 15.7. The SMILES string of the molecule is CSc1cccc(NC(=O)C2(c3cc(-c4ccccc4F)on3)CC2)c1. The van der Waals surface area contributed by atoms with Crippen LogP contribution in [0.2, 0.25) is 0 Å². The van der Waals surface area contributed by atoms with Crippen LogP contribution in [0.25, 0.3) is 11.3 Å². The minimum Gasteiger partial charge on any atom is -0.356 e. The van der Waals surface area contributed by atoms with Gasteiger partial charge in [0.15, 0.2) is 5.76 Å². The Balaban J connectivity index is 1.57. The van der Waals surface area contributed by atoms with Crippen LogP contribution in [0.1, 0.15) is 18.5 Å². The van der Waals surface area contributed by atoms with Gasteiger partial charge in [0.1, 0.15) is 5.82 Å². The summed E-state index contributed by atoms with van der Waals surface area (Å²) in [5.74, 6) is -0.149. The van der Waals surface area contributed by atoms with Gasteiger partial charge >= 0.3 is 0 Å². The Kier molecular flexibility index (Phi) is 4.28. The molecule has 4 rings (SSSR count). The third-order valence-corrected chi connectivity index (χ3v) is 5.38. The topological polar surface area (TPSA) is 55.1 Å². The number of aromatic nitrogens is 1. The molecular formula is C20H17FN2O2S. The number of carbonyl (C=O) groups excluding carboxylic acids is 1. The second kappa shape index (κ2) is 6.61. The van der Waals surface area contributed by atoms with Gasteiger partial charge in [-0.25, -0.2) is 4.39 Å². The number of anilines is 1. The molecule has 2 aromatic carbocycles. The van der Waals surface area contributed by atoms with Gasteiger partial charge < -0.3 is 9.84 Å². The molecule has 0 atom stereocenters. The molecule has 132 valence electrons. The number of hydrogen-bond acceptors (Lipinski definition) is 4. The molecule has 1 amide bonds. The van der Waals surface area contributed by atoms with Crippen molar-refractivity contribution in [2.75, 3.05) is 11.6 Å². The van der Waals surface area contributed by atoms with E-state index in [-0.39, 0.29) is 11.7 Å². The first kappa shape index (κ1) is 16.8. The monoisotopic (exact) mass is 368 g/mol. The summed E-state index contributed by atoms with van der Waals surface area (Å²) < 4.78 is 19.3. The van der Waals surface area contributed by atoms with Crippen molar-refractivity contribution in [1.82, 2.24) is 5.16 Å². The van der Waals surface area contributed by atoms with Crippen LogP contribution in [-0.4, -0.2) is 17.3 Å². The number of rotatable bonds is 5. The first-order valence-corrected chi connectivity index (χ1v) is 9.52. The van der Waals surface area contributed by atoms with Gasteiger partial charge in [-0.2, -0.15) is 0 Å². The molecular weight excluding hydrogens is 351 g/mol. The molecule has 3 aromatic rings. The number of nitrogens with zero attached hydrogens (tertiary/aromatic N) is 1. The Bertz CT molecular complexity index is 966. The quantitative estimate of drug-likeness (QED) is 0.653. The Morgan fingerprint density at radius 2 is 2.00 bits per heavy atom. The maximum absolute atomic E-state index is 13.9. The number of benzene rings is 2. The lowest BCUT2D eigenvalue weighted by molar-refractivity contribution is -0.118. The molecule has 0 saturated heterocycles. The van der Waals surface area contributed by atoms with E-state index in [1.54, 1.807) is 36.0 Å². The molecule has 1 aliphatic carbocycles. The fourth-order valence-corrected chi connectivity index (χ4v) is 3.42. The average Bonchev–Trinajstić information content (AvgIpc) is 3.33. The van der Waals surface area contributed by atoms with Crippen LogP contribution in [-0.2, 0) is 10.2 Å². The van der Waals surface area contributed by atoms with E-state index in [4.69, 9.17) is 4.52 Å². The van der Waals surface area contributed by atoms with Gasteiger partial charge in [-0.15, -0.1) is 11.8 Å². The lowest BCUT2D eigenvalue weighted by Crippen LogP contribution is -2.28. The van der Waals surface area contributed by atoms with Crippen molar-refractivity contribution in [1.29, 1.82) is 0 Å². The van der Waals surface area contributed by atoms with Crippen molar-refractivity contribution in [3.63, 3.8) is 0 Å². The summed E-state index contributed by atoms with van der Waals surface area (Å²) in [6.45, 7) is 0. The molecule has 1 fully saturated rings. The Hall–Kier alpha value is -2.60. The van der Waals surface area contributed by atoms with E-state index in [9.17, 15) is 9.18 Å². The summed E-state index contributed by atoms with van der Waals surface area (Å²) in [6.07, 6.45) is 3.39. The van der Waals surface area contributed by atoms with Crippen LogP contribution in [0.4, 0.5) is 10.1 Å². The number of thioether (sulfide) groups is 1. The standard InChI is InChI=1S/C20H17FN2O2S/c1-26-14-6-4-5-13(11-14)22-19(24)20(9-10-20)18-12-17(25-23-18)15-7-2-3-8-16(15)21/h2-8,11-12H,9-10H2,1H3,(H,22,24). The molecule has 1 N–H and O–H groups in total. The molecule has 1 aliphatic rings. The van der Waals surface area contributed by atoms with E-state index in [1.165, 1.54) is 6.07 Å². The highest BCUT2D eigenvalue weighted by Crippen LogP contribution is 2.49. The molecule has 1 saturated carbocycles. The van der Waals surface area contributed by atoms with E-state index in [0.29, 0.717) is 29.9 Å². The van der Waals surface area contributed by atoms with Gasteiger partial charge in [0.25, 0.3) is 0 Å². The first-order chi connectivity index (χ1) is 12.6. The summed E-state index contributed by atoms with van der Waals surface area (Å²) in [7, 11) is 0. The van der Waals surface area contributed by atoms with Crippen molar-refractivity contribution >= 4 is 23.4 Å². The predicted octanol–water partition coefficient (Wildman–Crippen LogP) is 4.87. The molecule has 4 nitrogen and oxygen atoms in total. The first-order valence-electron chi connectivity index (χ1n) is 8.30. The molecule has 26 heavy (non-hydrogen) atoms. The zero-order valence-electron chi connectivity index (χ0n) is 14.2. The van der Waals surface area contributed by atoms with Gasteiger partial charge in [0.2, 0.25) is 5.91 Å². The van der Waals surface area contributed by atoms with Crippen molar-refractivity contribution in [2.24, 2.45) is 0 Å². The minimum absolute atomic E-state index is 0.107. The normalized spacial score (nSPS) is 14.8. The number of carbonyl (C=O) groups is 1. The summed E-state index contributed by atoms with van der Waals surface area (Å²) in [4.78, 5) is 13.9. The minimum atomic E-state index is -0.692. The van der Waals surface area contributed by atoms with Crippen molar-refractivity contribution in [3.05, 3.63) is 66.1 Å². The number of hydrogen-bond donors (Lipinski definition) is 1. The molecule has 0 unspecified atom stereocenters. The van der Waals surface area contributed by atoms with Crippen LogP contribution < -0.4 is 5.32 Å². The van der Waals surface area contributed by atoms with Gasteiger partial charge in [-0.3, -0.25) is 4.79 Å². The highest BCUT2D eigenvalue weighted by atomic mass is 32.2. The van der Waals surface area contributed by atoms with E-state index >= 15 is 0 Å². The number of amides is 1. The van der Waals surface area contributed by atoms with E-state index in [1.807, 2.05) is 30.5 Å². The van der Waals surface area contributed by atoms with Crippen LogP contribution in [0.15, 0.2) is 64.0 Å². The molecule has 1 heterocycles. The van der Waals surface area contributed by atoms with Crippen molar-refractivity contribution in [3.8, 4) is 11.3 Å². The maximum atomic E-state index is 13.9. The van der Waals surface area contributed by atoms with Crippen LogP contribution in [0.5, 0.6) is 0 Å². The second-order valence-corrected chi connectivity index (χ2v) is 7.20. The molecule has 0 spiro atoms. The summed E-state index contributed by atoms with van der Waals surface area (Å²) in [5, 5.41) is 7.03. The van der Waals surface area contributed by atoms with Gasteiger partial charge in [0.05, 0.1) is 16.7 Å². The van der Waals surface area contributed by atoms with E-state index < -0.39 is 5.41 Å². The smallest absolute Gasteiger partial charge is 0.236 e. The fourth-order valence-electron chi connectivity index (χ4n) is 2.96. The fraction of sp³-hybridized carbons (Fsp3) is 0.200. The van der Waals surface area contributed by atoms with Crippen LogP contribution in [0, 0.1) is 5.82 Å². The van der Waals surface area contributed by atoms with Gasteiger partial charge in [0, 0.05) is 16.6 Å². The van der Waals surface area contributed by atoms with Gasteiger partial charge in [-0.05, 0) is 49.4 Å². The molecule has 0 bridgehead atoms. The molecule has 0 aliphatic heterocycles. The Labute approximate surface area is 154 Å². The van der Waals surface area contributed by atoms with Crippen LogP contribution in [0.3, 0.4) is 0 Å². The highest BCUT2D eigenvalue weighted by Gasteiger charge is 2.53. The van der Waals surface area contributed by atoms with Crippen molar-refractivity contribution in [2.45, 2.75) is 23.2 Å². The van der Waals surface area contributed by atoms with Crippen molar-refractivity contribution < 1.29 is 13.7 Å². The van der Waals surface area contributed by atoms with E-state index in [0.717, 1.165) is 10.6 Å². The Morgan fingerprint density at radius 1 is 1.19 bits per heavy atom. The molecule has 6 heteroatoms. The zero-order valence-corrected chi connectivity index (χ0v) is 15.0. The third kappa shape index (κ3) is 3.01. The lowest BCUT2D eigenvalue weighted by Gasteiger charge is -2.13. The summed E-state index contributed by atoms with van der Waals surface area (Å²) >= 11 is 1.62. The lowest BCUT2D eigenvalue weighted by atomic mass is 10.00. The number of halogens is 1. The van der Waals surface area contributed by atoms with Gasteiger partial charge in [-0.1, -0.05) is 23.4 Å². The highest BCUT2D eigenvalue weighted by molar-refractivity contribution is 7.98. The maximum Gasteiger partial charge on any atom is 0.236 e. The molecule has 0 radical (unpaired) electrons. The Morgan fingerprint density at radius 3 is 2.73 bits per heavy atom. The number of nitrogens with one attached hydrogen (secondary N) is 1. The average molecular weight is 368 g/mol. The summed E-state index contributed by atoms with van der Waals surface area (Å²) in [5.41, 5.74) is 0.956. The third-order valence-electron chi connectivity index (χ3n) is 4.65.